The molecule has 1 atom stereocenters. The second-order valence-electron chi connectivity index (χ2n) is 5.95. The minimum absolute atomic E-state index is 0.239. The van der Waals surface area contributed by atoms with Crippen molar-refractivity contribution in [2.75, 3.05) is 6.61 Å². The number of hydrogen-bond acceptors (Lipinski definition) is 4. The number of hydrogen-bond donors (Lipinski definition) is 1. The monoisotopic (exact) mass is 307 g/mol. The molecule has 1 aromatic carbocycles. The number of esters is 1. The van der Waals surface area contributed by atoms with E-state index in [0.29, 0.717) is 13.0 Å². The maximum absolute atomic E-state index is 12.0. The number of ether oxygens (including phenoxy) is 2. The third-order valence-electron chi connectivity index (χ3n) is 2.84. The highest BCUT2D eigenvalue weighted by molar-refractivity contribution is 5.70. The van der Waals surface area contributed by atoms with Gasteiger partial charge in [-0.15, -0.1) is 0 Å². The first-order chi connectivity index (χ1) is 10.3. The second kappa shape index (κ2) is 8.41. The van der Waals surface area contributed by atoms with Crippen LogP contribution in [0.25, 0.3) is 0 Å². The maximum Gasteiger partial charge on any atom is 0.408 e. The Bertz CT molecular complexity index is 479. The topological polar surface area (TPSA) is 64.6 Å². The van der Waals surface area contributed by atoms with Gasteiger partial charge in [0.1, 0.15) is 5.60 Å². The van der Waals surface area contributed by atoms with Gasteiger partial charge in [0.15, 0.2) is 0 Å². The van der Waals surface area contributed by atoms with E-state index < -0.39 is 11.7 Å². The summed E-state index contributed by atoms with van der Waals surface area (Å²) in [5.74, 6) is -0.269. The molecule has 0 aliphatic carbocycles. The fourth-order valence-electron chi connectivity index (χ4n) is 1.95. The number of rotatable bonds is 6. The minimum atomic E-state index is -0.563. The second-order valence-corrected chi connectivity index (χ2v) is 5.95. The first kappa shape index (κ1) is 18.0. The van der Waals surface area contributed by atoms with E-state index >= 15 is 0 Å². The molecule has 0 spiro atoms. The number of carbonyl (C=O) groups is 2. The SMILES string of the molecule is CCOC(=O)CCC(NC(=O)OC(C)(C)C)c1ccccc1. The van der Waals surface area contributed by atoms with E-state index in [0.717, 1.165) is 5.56 Å². The van der Waals surface area contributed by atoms with Crippen LogP contribution in [-0.4, -0.2) is 24.3 Å². The number of nitrogens with one attached hydrogen (secondary N) is 1. The van der Waals surface area contributed by atoms with Crippen LogP contribution in [0.5, 0.6) is 0 Å². The standard InChI is InChI=1S/C17H25NO4/c1-5-21-15(19)12-11-14(13-9-7-6-8-10-13)18-16(20)22-17(2,3)4/h6-10,14H,5,11-12H2,1-4H3,(H,18,20). The lowest BCUT2D eigenvalue weighted by molar-refractivity contribution is -0.143. The molecule has 0 saturated heterocycles. The zero-order valence-electron chi connectivity index (χ0n) is 13.7. The summed E-state index contributed by atoms with van der Waals surface area (Å²) in [5, 5.41) is 2.82. The maximum atomic E-state index is 12.0. The fraction of sp³-hybridized carbons (Fsp3) is 0.529. The molecule has 1 aromatic rings. The van der Waals surface area contributed by atoms with Gasteiger partial charge in [0.2, 0.25) is 0 Å². The van der Waals surface area contributed by atoms with Crippen molar-refractivity contribution < 1.29 is 19.1 Å². The Hall–Kier alpha value is -2.04. The van der Waals surface area contributed by atoms with Crippen molar-refractivity contribution >= 4 is 12.1 Å². The molecule has 1 unspecified atom stereocenters. The van der Waals surface area contributed by atoms with E-state index in [9.17, 15) is 9.59 Å². The molecule has 0 aliphatic heterocycles. The molecule has 0 saturated carbocycles. The summed E-state index contributed by atoms with van der Waals surface area (Å²) in [4.78, 5) is 23.5. The smallest absolute Gasteiger partial charge is 0.408 e. The third kappa shape index (κ3) is 7.11. The first-order valence-electron chi connectivity index (χ1n) is 7.52. The Kier molecular flexibility index (Phi) is 6.89. The van der Waals surface area contributed by atoms with E-state index in [1.165, 1.54) is 0 Å². The number of benzene rings is 1. The highest BCUT2D eigenvalue weighted by Crippen LogP contribution is 2.19. The lowest BCUT2D eigenvalue weighted by Gasteiger charge is -2.24. The predicted octanol–water partition coefficient (Wildman–Crippen LogP) is 3.60. The average molecular weight is 307 g/mol. The Morgan fingerprint density at radius 1 is 1.18 bits per heavy atom. The molecular formula is C17H25NO4. The molecule has 0 radical (unpaired) electrons. The molecule has 1 rings (SSSR count). The van der Waals surface area contributed by atoms with Crippen LogP contribution in [-0.2, 0) is 14.3 Å². The molecular weight excluding hydrogens is 282 g/mol. The van der Waals surface area contributed by atoms with Crippen molar-refractivity contribution in [2.45, 2.75) is 52.2 Å². The lowest BCUT2D eigenvalue weighted by Crippen LogP contribution is -2.35. The zero-order valence-corrected chi connectivity index (χ0v) is 13.7. The van der Waals surface area contributed by atoms with Crippen LogP contribution in [0.1, 0.15) is 52.1 Å². The summed E-state index contributed by atoms with van der Waals surface area (Å²) >= 11 is 0. The van der Waals surface area contributed by atoms with E-state index in [1.54, 1.807) is 6.92 Å². The number of alkyl carbamates (subject to hydrolysis) is 1. The molecule has 0 heterocycles. The predicted molar refractivity (Wildman–Crippen MR) is 84.4 cm³/mol. The van der Waals surface area contributed by atoms with E-state index in [1.807, 2.05) is 51.1 Å². The molecule has 5 heteroatoms. The van der Waals surface area contributed by atoms with Crippen LogP contribution in [0, 0.1) is 0 Å². The Balaban J connectivity index is 2.71. The van der Waals surface area contributed by atoms with Gasteiger partial charge in [-0.2, -0.15) is 0 Å². The van der Waals surface area contributed by atoms with E-state index in [4.69, 9.17) is 9.47 Å². The van der Waals surface area contributed by atoms with Gasteiger partial charge in [-0.25, -0.2) is 4.79 Å². The molecule has 1 N–H and O–H groups in total. The van der Waals surface area contributed by atoms with Crippen LogP contribution >= 0.6 is 0 Å². The van der Waals surface area contributed by atoms with Crippen LogP contribution in [0.15, 0.2) is 30.3 Å². The van der Waals surface area contributed by atoms with E-state index in [2.05, 4.69) is 5.32 Å². The van der Waals surface area contributed by atoms with Crippen molar-refractivity contribution in [3.63, 3.8) is 0 Å². The largest absolute Gasteiger partial charge is 0.466 e. The highest BCUT2D eigenvalue weighted by atomic mass is 16.6. The van der Waals surface area contributed by atoms with Crippen molar-refractivity contribution in [2.24, 2.45) is 0 Å². The van der Waals surface area contributed by atoms with E-state index in [-0.39, 0.29) is 18.4 Å². The fourth-order valence-corrected chi connectivity index (χ4v) is 1.95. The van der Waals surface area contributed by atoms with Gasteiger partial charge < -0.3 is 14.8 Å². The van der Waals surface area contributed by atoms with Crippen LogP contribution in [0.3, 0.4) is 0 Å². The molecule has 0 fully saturated rings. The summed E-state index contributed by atoms with van der Waals surface area (Å²) in [6.07, 6.45) is 0.205. The van der Waals surface area contributed by atoms with Crippen LogP contribution < -0.4 is 5.32 Å². The molecule has 122 valence electrons. The zero-order chi connectivity index (χ0) is 16.6. The Morgan fingerprint density at radius 2 is 1.82 bits per heavy atom. The molecule has 22 heavy (non-hydrogen) atoms. The third-order valence-corrected chi connectivity index (χ3v) is 2.84. The normalized spacial score (nSPS) is 12.4. The summed E-state index contributed by atoms with van der Waals surface area (Å²) < 4.78 is 10.2. The first-order valence-corrected chi connectivity index (χ1v) is 7.52. The van der Waals surface area contributed by atoms with Gasteiger partial charge in [-0.05, 0) is 39.7 Å². The van der Waals surface area contributed by atoms with Gasteiger partial charge in [0.25, 0.3) is 0 Å². The quantitative estimate of drug-likeness (QED) is 0.816. The van der Waals surface area contributed by atoms with Crippen molar-refractivity contribution in [3.05, 3.63) is 35.9 Å². The Labute approximate surface area is 132 Å². The van der Waals surface area contributed by atoms with Gasteiger partial charge in [-0.3, -0.25) is 4.79 Å². The average Bonchev–Trinajstić information content (AvgIpc) is 2.42. The Morgan fingerprint density at radius 3 is 2.36 bits per heavy atom. The summed E-state index contributed by atoms with van der Waals surface area (Å²) in [6.45, 7) is 7.55. The van der Waals surface area contributed by atoms with Crippen LogP contribution in [0.4, 0.5) is 4.79 Å². The summed E-state index contributed by atoms with van der Waals surface area (Å²) in [5.41, 5.74) is 0.365. The molecule has 1 amide bonds. The van der Waals surface area contributed by atoms with Gasteiger partial charge >= 0.3 is 12.1 Å². The molecule has 0 aliphatic rings. The van der Waals surface area contributed by atoms with Crippen LogP contribution in [0.2, 0.25) is 0 Å². The number of carbonyl (C=O) groups excluding carboxylic acids is 2. The minimum Gasteiger partial charge on any atom is -0.466 e. The summed E-state index contributed by atoms with van der Waals surface area (Å²) in [7, 11) is 0. The number of amides is 1. The van der Waals surface area contributed by atoms with Crippen molar-refractivity contribution in [1.29, 1.82) is 0 Å². The molecule has 0 aromatic heterocycles. The van der Waals surface area contributed by atoms with Gasteiger partial charge in [0.05, 0.1) is 12.6 Å². The lowest BCUT2D eigenvalue weighted by atomic mass is 10.0. The van der Waals surface area contributed by atoms with Crippen molar-refractivity contribution in [1.82, 2.24) is 5.32 Å². The van der Waals surface area contributed by atoms with Gasteiger partial charge in [0, 0.05) is 6.42 Å². The summed E-state index contributed by atoms with van der Waals surface area (Å²) in [6, 6.07) is 9.22. The molecule has 0 bridgehead atoms. The molecule has 5 nitrogen and oxygen atoms in total. The highest BCUT2D eigenvalue weighted by Gasteiger charge is 2.21. The van der Waals surface area contributed by atoms with Crippen molar-refractivity contribution in [3.8, 4) is 0 Å². The van der Waals surface area contributed by atoms with Gasteiger partial charge in [-0.1, -0.05) is 30.3 Å².